The van der Waals surface area contributed by atoms with Crippen LogP contribution < -0.4 is 0 Å². The van der Waals surface area contributed by atoms with Crippen molar-refractivity contribution in [3.63, 3.8) is 0 Å². The van der Waals surface area contributed by atoms with Crippen molar-refractivity contribution >= 4 is 5.78 Å². The highest BCUT2D eigenvalue weighted by atomic mass is 16.3. The van der Waals surface area contributed by atoms with Crippen LogP contribution in [0.2, 0.25) is 0 Å². The molecule has 1 rings (SSSR count). The topological polar surface area (TPSA) is 37.3 Å². The fraction of sp³-hybridized carbons (Fsp3) is 0.700. The summed E-state index contributed by atoms with van der Waals surface area (Å²) in [4.78, 5) is 11.5. The van der Waals surface area contributed by atoms with Gasteiger partial charge in [0.1, 0.15) is 6.10 Å². The van der Waals surface area contributed by atoms with E-state index in [2.05, 4.69) is 6.58 Å². The Labute approximate surface area is 73.3 Å². The molecule has 0 aromatic rings. The number of hydrogen-bond acceptors (Lipinski definition) is 2. The molecule has 1 aliphatic carbocycles. The molecule has 0 aliphatic heterocycles. The summed E-state index contributed by atoms with van der Waals surface area (Å²) < 4.78 is 0. The predicted molar refractivity (Wildman–Crippen MR) is 47.7 cm³/mol. The summed E-state index contributed by atoms with van der Waals surface area (Å²) in [6, 6.07) is 0. The second-order valence-corrected chi connectivity index (χ2v) is 3.80. The van der Waals surface area contributed by atoms with Gasteiger partial charge < -0.3 is 5.11 Å². The normalized spacial score (nSPS) is 36.6. The Morgan fingerprint density at radius 3 is 2.67 bits per heavy atom. The summed E-state index contributed by atoms with van der Waals surface area (Å²) in [6.45, 7) is 7.52. The minimum absolute atomic E-state index is 0.0405. The van der Waals surface area contributed by atoms with Crippen LogP contribution in [0.4, 0.5) is 0 Å². The van der Waals surface area contributed by atoms with Gasteiger partial charge in [0.15, 0.2) is 5.78 Å². The van der Waals surface area contributed by atoms with Crippen LogP contribution in [0, 0.1) is 11.8 Å². The zero-order chi connectivity index (χ0) is 9.30. The lowest BCUT2D eigenvalue weighted by atomic mass is 9.77. The van der Waals surface area contributed by atoms with Gasteiger partial charge in [-0.2, -0.15) is 0 Å². The first-order chi connectivity index (χ1) is 5.54. The van der Waals surface area contributed by atoms with E-state index >= 15 is 0 Å². The van der Waals surface area contributed by atoms with Gasteiger partial charge in [-0.25, -0.2) is 0 Å². The fourth-order valence-electron chi connectivity index (χ4n) is 1.71. The van der Waals surface area contributed by atoms with Crippen LogP contribution in [0.5, 0.6) is 0 Å². The van der Waals surface area contributed by atoms with Gasteiger partial charge in [-0.3, -0.25) is 4.79 Å². The monoisotopic (exact) mass is 168 g/mol. The van der Waals surface area contributed by atoms with Crippen molar-refractivity contribution in [1.29, 1.82) is 0 Å². The smallest absolute Gasteiger partial charge is 0.168 e. The molecule has 1 aliphatic rings. The first-order valence-electron chi connectivity index (χ1n) is 4.41. The molecule has 3 unspecified atom stereocenters. The molecule has 2 heteroatoms. The minimum atomic E-state index is -0.763. The zero-order valence-corrected chi connectivity index (χ0v) is 7.71. The summed E-state index contributed by atoms with van der Waals surface area (Å²) in [5.41, 5.74) is 0.881. The van der Waals surface area contributed by atoms with Gasteiger partial charge in [-0.1, -0.05) is 19.1 Å². The number of carbonyl (C=O) groups excluding carboxylic acids is 1. The van der Waals surface area contributed by atoms with E-state index in [1.54, 1.807) is 0 Å². The lowest BCUT2D eigenvalue weighted by Crippen LogP contribution is -2.38. The molecule has 0 bridgehead atoms. The number of allylic oxidation sites excluding steroid dienone is 1. The Hall–Kier alpha value is -0.630. The Balaban J connectivity index is 2.72. The van der Waals surface area contributed by atoms with Crippen LogP contribution in [-0.4, -0.2) is 17.0 Å². The molecule has 1 N–H and O–H groups in total. The maximum Gasteiger partial charge on any atom is 0.168 e. The van der Waals surface area contributed by atoms with Crippen LogP contribution in [0.15, 0.2) is 12.2 Å². The van der Waals surface area contributed by atoms with E-state index in [1.165, 1.54) is 0 Å². The molecule has 0 aromatic heterocycles. The molecule has 1 saturated carbocycles. The number of aliphatic hydroxyl groups is 1. The van der Waals surface area contributed by atoms with Gasteiger partial charge in [0.2, 0.25) is 0 Å². The Kier molecular flexibility index (Phi) is 2.68. The number of Topliss-reactive ketones (excluding diaryl/α,β-unsaturated/α-hetero) is 1. The third-order valence-corrected chi connectivity index (χ3v) is 2.68. The Morgan fingerprint density at radius 1 is 1.58 bits per heavy atom. The number of carbonyl (C=O) groups is 1. The Bertz CT molecular complexity index is 208. The van der Waals surface area contributed by atoms with Crippen LogP contribution in [0.25, 0.3) is 0 Å². The van der Waals surface area contributed by atoms with Crippen molar-refractivity contribution in [2.45, 2.75) is 32.8 Å². The first-order valence-corrected chi connectivity index (χ1v) is 4.41. The number of rotatable bonds is 1. The van der Waals surface area contributed by atoms with Crippen LogP contribution in [-0.2, 0) is 4.79 Å². The Morgan fingerprint density at radius 2 is 2.17 bits per heavy atom. The zero-order valence-electron chi connectivity index (χ0n) is 7.71. The minimum Gasteiger partial charge on any atom is -0.385 e. The average molecular weight is 168 g/mol. The van der Waals surface area contributed by atoms with E-state index in [-0.39, 0.29) is 17.6 Å². The van der Waals surface area contributed by atoms with E-state index < -0.39 is 6.10 Å². The quantitative estimate of drug-likeness (QED) is 0.603. The molecule has 12 heavy (non-hydrogen) atoms. The molecule has 0 amide bonds. The van der Waals surface area contributed by atoms with Gasteiger partial charge in [-0.15, -0.1) is 0 Å². The van der Waals surface area contributed by atoms with E-state index in [4.69, 9.17) is 0 Å². The fourth-order valence-corrected chi connectivity index (χ4v) is 1.71. The molecular weight excluding hydrogens is 152 g/mol. The second-order valence-electron chi connectivity index (χ2n) is 3.80. The van der Waals surface area contributed by atoms with Crippen molar-refractivity contribution in [3.8, 4) is 0 Å². The van der Waals surface area contributed by atoms with Crippen LogP contribution in [0.1, 0.15) is 26.7 Å². The molecule has 0 aromatic carbocycles. The average Bonchev–Trinajstić information content (AvgIpc) is 2.00. The van der Waals surface area contributed by atoms with Gasteiger partial charge in [0.25, 0.3) is 0 Å². The molecule has 3 atom stereocenters. The van der Waals surface area contributed by atoms with Gasteiger partial charge in [-0.05, 0) is 25.7 Å². The van der Waals surface area contributed by atoms with Crippen molar-refractivity contribution in [2.24, 2.45) is 11.8 Å². The van der Waals surface area contributed by atoms with Crippen molar-refractivity contribution in [1.82, 2.24) is 0 Å². The molecule has 0 spiro atoms. The van der Waals surface area contributed by atoms with Crippen LogP contribution in [0.3, 0.4) is 0 Å². The number of hydrogen-bond donors (Lipinski definition) is 1. The van der Waals surface area contributed by atoms with Gasteiger partial charge >= 0.3 is 0 Å². The van der Waals surface area contributed by atoms with Crippen molar-refractivity contribution in [2.75, 3.05) is 0 Å². The molecule has 2 nitrogen and oxygen atoms in total. The van der Waals surface area contributed by atoms with Gasteiger partial charge in [0, 0.05) is 5.92 Å². The predicted octanol–water partition coefficient (Wildman–Crippen LogP) is 1.54. The third-order valence-electron chi connectivity index (χ3n) is 2.68. The summed E-state index contributed by atoms with van der Waals surface area (Å²) >= 11 is 0. The van der Waals surface area contributed by atoms with E-state index in [0.717, 1.165) is 18.4 Å². The summed E-state index contributed by atoms with van der Waals surface area (Å²) in [6.07, 6.45) is 1.01. The molecule has 1 fully saturated rings. The highest BCUT2D eigenvalue weighted by Gasteiger charge is 2.34. The molecule has 0 saturated heterocycles. The molecule has 68 valence electrons. The maximum absolute atomic E-state index is 11.5. The van der Waals surface area contributed by atoms with Crippen LogP contribution >= 0.6 is 0 Å². The summed E-state index contributed by atoms with van der Waals surface area (Å²) in [5, 5.41) is 9.47. The number of aliphatic hydroxyl groups excluding tert-OH is 1. The largest absolute Gasteiger partial charge is 0.385 e. The van der Waals surface area contributed by atoms with E-state index in [1.807, 2.05) is 13.8 Å². The first kappa shape index (κ1) is 9.46. The highest BCUT2D eigenvalue weighted by Crippen LogP contribution is 2.29. The standard InChI is InChI=1S/C10H16O2/c1-6(2)8-5-4-7(3)9(11)10(8)12/h7-9,11H,1,4-5H2,2-3H3. The van der Waals surface area contributed by atoms with E-state index in [0.29, 0.717) is 0 Å². The lowest BCUT2D eigenvalue weighted by Gasteiger charge is -2.29. The highest BCUT2D eigenvalue weighted by molar-refractivity contribution is 5.88. The summed E-state index contributed by atoms with van der Waals surface area (Å²) in [7, 11) is 0. The molecular formula is C10H16O2. The second kappa shape index (κ2) is 3.40. The molecule has 0 radical (unpaired) electrons. The number of ketones is 1. The lowest BCUT2D eigenvalue weighted by molar-refractivity contribution is -0.135. The maximum atomic E-state index is 11.5. The van der Waals surface area contributed by atoms with Crippen molar-refractivity contribution in [3.05, 3.63) is 12.2 Å². The van der Waals surface area contributed by atoms with E-state index in [9.17, 15) is 9.90 Å². The molecule has 0 heterocycles. The third kappa shape index (κ3) is 1.58. The summed E-state index contributed by atoms with van der Waals surface area (Å²) in [5.74, 6) is -0.0226. The van der Waals surface area contributed by atoms with Crippen molar-refractivity contribution < 1.29 is 9.90 Å². The SMILES string of the molecule is C=C(C)C1CCC(C)C(O)C1=O. The van der Waals surface area contributed by atoms with Gasteiger partial charge in [0.05, 0.1) is 0 Å².